The number of ether oxygens (including phenoxy) is 1. The lowest BCUT2D eigenvalue weighted by atomic mass is 10.1. The van der Waals surface area contributed by atoms with Crippen molar-refractivity contribution >= 4 is 10.0 Å². The topological polar surface area (TPSA) is 86.1 Å². The molecule has 0 saturated carbocycles. The smallest absolute Gasteiger partial charge is 0.214 e. The highest BCUT2D eigenvalue weighted by molar-refractivity contribution is 7.89. The van der Waals surface area contributed by atoms with E-state index in [1.807, 2.05) is 18.5 Å². The second kappa shape index (κ2) is 6.86. The zero-order valence-corrected chi connectivity index (χ0v) is 14.7. The molecule has 130 valence electrons. The molecule has 0 amide bonds. The Labute approximate surface area is 137 Å². The van der Waals surface area contributed by atoms with Gasteiger partial charge in [-0.3, -0.25) is 0 Å². The van der Waals surface area contributed by atoms with Crippen LogP contribution in [0.15, 0.2) is 0 Å². The van der Waals surface area contributed by atoms with Crippen LogP contribution in [-0.2, 0) is 21.3 Å². The minimum absolute atomic E-state index is 0.0364. The molecule has 0 aromatic carbocycles. The summed E-state index contributed by atoms with van der Waals surface area (Å²) in [5.41, 5.74) is 0. The lowest BCUT2D eigenvalue weighted by molar-refractivity contribution is 0.0303. The Morgan fingerprint density at radius 1 is 1.30 bits per heavy atom. The van der Waals surface area contributed by atoms with E-state index in [0.717, 1.165) is 50.3 Å². The zero-order chi connectivity index (χ0) is 16.4. The summed E-state index contributed by atoms with van der Waals surface area (Å²) >= 11 is 0. The summed E-state index contributed by atoms with van der Waals surface area (Å²) in [6, 6.07) is -0.280. The quantitative estimate of drug-likeness (QED) is 0.880. The van der Waals surface area contributed by atoms with Gasteiger partial charge in [-0.2, -0.15) is 5.10 Å². The number of hydrogen-bond donors (Lipinski definition) is 1. The molecule has 1 aromatic rings. The molecule has 7 nitrogen and oxygen atoms in total. The SMILES string of the molecule is CC(C)c1nc2n(n1)CCC[C@H]2NS(=O)(=O)C[C@@H]1CCCCO1. The van der Waals surface area contributed by atoms with E-state index in [-0.39, 0.29) is 23.8 Å². The number of hydrogen-bond acceptors (Lipinski definition) is 5. The van der Waals surface area contributed by atoms with Gasteiger partial charge >= 0.3 is 0 Å². The van der Waals surface area contributed by atoms with Gasteiger partial charge in [-0.1, -0.05) is 13.8 Å². The molecule has 8 heteroatoms. The molecule has 0 spiro atoms. The maximum Gasteiger partial charge on any atom is 0.214 e. The van der Waals surface area contributed by atoms with Gasteiger partial charge < -0.3 is 4.74 Å². The fourth-order valence-electron chi connectivity index (χ4n) is 3.17. The third kappa shape index (κ3) is 4.10. The predicted molar refractivity (Wildman–Crippen MR) is 86.6 cm³/mol. The van der Waals surface area contributed by atoms with E-state index >= 15 is 0 Å². The van der Waals surface area contributed by atoms with E-state index < -0.39 is 10.0 Å². The molecule has 0 unspecified atom stereocenters. The summed E-state index contributed by atoms with van der Waals surface area (Å²) in [5.74, 6) is 1.80. The van der Waals surface area contributed by atoms with Crippen molar-refractivity contribution in [3.63, 3.8) is 0 Å². The van der Waals surface area contributed by atoms with Crippen molar-refractivity contribution in [2.75, 3.05) is 12.4 Å². The molecular formula is C15H26N4O3S. The number of aromatic nitrogens is 3. The first-order valence-corrected chi connectivity index (χ1v) is 10.2. The second-order valence-electron chi connectivity index (χ2n) is 6.79. The Balaban J connectivity index is 1.70. The Morgan fingerprint density at radius 2 is 2.13 bits per heavy atom. The van der Waals surface area contributed by atoms with Gasteiger partial charge in [0.25, 0.3) is 0 Å². The van der Waals surface area contributed by atoms with Gasteiger partial charge in [-0.15, -0.1) is 0 Å². The summed E-state index contributed by atoms with van der Waals surface area (Å²) in [7, 11) is -3.39. The molecule has 3 rings (SSSR count). The highest BCUT2D eigenvalue weighted by Gasteiger charge is 2.30. The van der Waals surface area contributed by atoms with Crippen molar-refractivity contribution in [1.82, 2.24) is 19.5 Å². The number of nitrogens with one attached hydrogen (secondary N) is 1. The number of fused-ring (bicyclic) bond motifs is 1. The van der Waals surface area contributed by atoms with E-state index in [1.165, 1.54) is 0 Å². The van der Waals surface area contributed by atoms with Gasteiger partial charge in [0.05, 0.1) is 17.9 Å². The average molecular weight is 342 g/mol. The standard InChI is InChI=1S/C15H26N4O3S/c1-11(2)14-16-15-13(7-5-8-19(15)17-14)18-23(20,21)10-12-6-3-4-9-22-12/h11-13,18H,3-10H2,1-2H3/t12-,13+/m0/s1. The van der Waals surface area contributed by atoms with Crippen molar-refractivity contribution in [3.8, 4) is 0 Å². The van der Waals surface area contributed by atoms with Crippen LogP contribution in [-0.4, -0.2) is 41.6 Å². The molecule has 0 bridgehead atoms. The van der Waals surface area contributed by atoms with Crippen LogP contribution in [0.3, 0.4) is 0 Å². The molecular weight excluding hydrogens is 316 g/mol. The van der Waals surface area contributed by atoms with E-state index in [4.69, 9.17) is 4.74 Å². The monoisotopic (exact) mass is 342 g/mol. The molecule has 0 radical (unpaired) electrons. The highest BCUT2D eigenvalue weighted by atomic mass is 32.2. The fraction of sp³-hybridized carbons (Fsp3) is 0.867. The maximum absolute atomic E-state index is 12.5. The van der Waals surface area contributed by atoms with E-state index in [0.29, 0.717) is 6.61 Å². The van der Waals surface area contributed by atoms with Crippen LogP contribution in [0.4, 0.5) is 0 Å². The normalized spacial score (nSPS) is 25.5. The van der Waals surface area contributed by atoms with Crippen LogP contribution in [0.25, 0.3) is 0 Å². The number of nitrogens with zero attached hydrogens (tertiary/aromatic N) is 3. The summed E-state index contributed by atoms with van der Waals surface area (Å²) in [6.07, 6.45) is 4.36. The van der Waals surface area contributed by atoms with Crippen molar-refractivity contribution in [2.45, 2.75) is 70.6 Å². The molecule has 3 heterocycles. The molecule has 1 saturated heterocycles. The summed E-state index contributed by atoms with van der Waals surface area (Å²) in [4.78, 5) is 4.56. The highest BCUT2D eigenvalue weighted by Crippen LogP contribution is 2.26. The molecule has 2 atom stereocenters. The summed E-state index contributed by atoms with van der Waals surface area (Å²) < 4.78 is 35.2. The maximum atomic E-state index is 12.5. The van der Waals surface area contributed by atoms with Crippen LogP contribution in [0.1, 0.15) is 69.6 Å². The van der Waals surface area contributed by atoms with Gasteiger partial charge in [0.1, 0.15) is 5.82 Å². The third-order valence-electron chi connectivity index (χ3n) is 4.41. The van der Waals surface area contributed by atoms with Crippen LogP contribution < -0.4 is 4.72 Å². The molecule has 1 aromatic heterocycles. The molecule has 2 aliphatic heterocycles. The van der Waals surface area contributed by atoms with Crippen molar-refractivity contribution in [3.05, 3.63) is 11.6 Å². The Morgan fingerprint density at radius 3 is 2.83 bits per heavy atom. The first-order valence-electron chi connectivity index (χ1n) is 8.51. The Hall–Kier alpha value is -0.990. The van der Waals surface area contributed by atoms with Gasteiger partial charge in [-0.05, 0) is 32.1 Å². The lowest BCUT2D eigenvalue weighted by Gasteiger charge is -2.26. The lowest BCUT2D eigenvalue weighted by Crippen LogP contribution is -2.39. The average Bonchev–Trinajstić information content (AvgIpc) is 2.93. The van der Waals surface area contributed by atoms with Crippen LogP contribution in [0, 0.1) is 0 Å². The first-order chi connectivity index (χ1) is 10.9. The summed E-state index contributed by atoms with van der Waals surface area (Å²) in [6.45, 7) is 5.55. The van der Waals surface area contributed by atoms with Crippen molar-refractivity contribution in [2.24, 2.45) is 0 Å². The number of aryl methyl sites for hydroxylation is 1. The zero-order valence-electron chi connectivity index (χ0n) is 13.9. The fourth-order valence-corrected chi connectivity index (χ4v) is 4.68. The molecule has 1 N–H and O–H groups in total. The molecule has 2 aliphatic rings. The van der Waals surface area contributed by atoms with Gasteiger partial charge in [0, 0.05) is 19.1 Å². The second-order valence-corrected chi connectivity index (χ2v) is 8.59. The minimum atomic E-state index is -3.39. The summed E-state index contributed by atoms with van der Waals surface area (Å²) in [5, 5.41) is 4.49. The molecule has 1 fully saturated rings. The van der Waals surface area contributed by atoms with Gasteiger partial charge in [-0.25, -0.2) is 22.8 Å². The van der Waals surface area contributed by atoms with Crippen molar-refractivity contribution in [1.29, 1.82) is 0 Å². The van der Waals surface area contributed by atoms with Crippen LogP contribution in [0.2, 0.25) is 0 Å². The largest absolute Gasteiger partial charge is 0.377 e. The van der Waals surface area contributed by atoms with E-state index in [1.54, 1.807) is 0 Å². The number of sulfonamides is 1. The molecule has 23 heavy (non-hydrogen) atoms. The Bertz CT molecular complexity index is 635. The predicted octanol–water partition coefficient (Wildman–Crippen LogP) is 1.72. The van der Waals surface area contributed by atoms with Gasteiger partial charge in [0.15, 0.2) is 5.82 Å². The van der Waals surface area contributed by atoms with Gasteiger partial charge in [0.2, 0.25) is 10.0 Å². The van der Waals surface area contributed by atoms with Crippen LogP contribution >= 0.6 is 0 Å². The minimum Gasteiger partial charge on any atom is -0.377 e. The number of rotatable bonds is 5. The molecule has 0 aliphatic carbocycles. The first kappa shape index (κ1) is 16.9. The van der Waals surface area contributed by atoms with E-state index in [2.05, 4.69) is 14.8 Å². The van der Waals surface area contributed by atoms with Crippen molar-refractivity contribution < 1.29 is 13.2 Å². The van der Waals surface area contributed by atoms with Crippen LogP contribution in [0.5, 0.6) is 0 Å². The van der Waals surface area contributed by atoms with E-state index in [9.17, 15) is 8.42 Å². The Kier molecular flexibility index (Phi) is 5.03. The third-order valence-corrected chi connectivity index (χ3v) is 5.86.